The molecule has 0 aliphatic heterocycles. The Labute approximate surface area is 142 Å². The highest BCUT2D eigenvalue weighted by molar-refractivity contribution is 7.99. The first-order valence-corrected chi connectivity index (χ1v) is 8.08. The fourth-order valence-electron chi connectivity index (χ4n) is 1.99. The van der Waals surface area contributed by atoms with Gasteiger partial charge in [-0.25, -0.2) is 0 Å². The smallest absolute Gasteiger partial charge is 0.296 e. The van der Waals surface area contributed by atoms with Gasteiger partial charge >= 0.3 is 0 Å². The Morgan fingerprint density at radius 1 is 1.46 bits per heavy atom. The standard InChI is InChI=1S/C14H17N5O4S/c1-4-12-16-17-14(18(12)2)24-8-13(20)15-10-6-5-9(23-3)7-11(10)19(21)22/h5-7H,4,8H2,1-3H3,(H,15,20). The summed E-state index contributed by atoms with van der Waals surface area (Å²) in [5.74, 6) is 0.872. The van der Waals surface area contributed by atoms with Crippen LogP contribution in [-0.4, -0.2) is 38.5 Å². The lowest BCUT2D eigenvalue weighted by atomic mass is 10.2. The molecule has 0 fully saturated rings. The van der Waals surface area contributed by atoms with Crippen LogP contribution in [0.1, 0.15) is 12.7 Å². The van der Waals surface area contributed by atoms with Gasteiger partial charge in [0.15, 0.2) is 5.16 Å². The van der Waals surface area contributed by atoms with E-state index in [4.69, 9.17) is 4.74 Å². The van der Waals surface area contributed by atoms with Crippen molar-refractivity contribution in [1.29, 1.82) is 0 Å². The number of benzene rings is 1. The molecule has 1 aromatic heterocycles. The van der Waals surface area contributed by atoms with Gasteiger partial charge in [0.1, 0.15) is 17.3 Å². The molecule has 128 valence electrons. The van der Waals surface area contributed by atoms with Crippen LogP contribution >= 0.6 is 11.8 Å². The Balaban J connectivity index is 2.04. The summed E-state index contributed by atoms with van der Waals surface area (Å²) >= 11 is 1.22. The summed E-state index contributed by atoms with van der Waals surface area (Å²) in [7, 11) is 3.24. The first-order valence-electron chi connectivity index (χ1n) is 7.09. The molecular formula is C14H17N5O4S. The normalized spacial score (nSPS) is 10.5. The predicted octanol–water partition coefficient (Wildman–Crippen LogP) is 2.03. The number of methoxy groups -OCH3 is 1. The number of carbonyl (C=O) groups is 1. The number of hydrogen-bond donors (Lipinski definition) is 1. The largest absolute Gasteiger partial charge is 0.496 e. The Bertz CT molecular complexity index is 762. The van der Waals surface area contributed by atoms with E-state index in [9.17, 15) is 14.9 Å². The molecule has 0 bridgehead atoms. The third-order valence-corrected chi connectivity index (χ3v) is 4.27. The number of nitrogens with zero attached hydrogens (tertiary/aromatic N) is 4. The highest BCUT2D eigenvalue weighted by atomic mass is 32.2. The van der Waals surface area contributed by atoms with Crippen molar-refractivity contribution in [1.82, 2.24) is 14.8 Å². The van der Waals surface area contributed by atoms with Crippen LogP contribution in [0, 0.1) is 10.1 Å². The van der Waals surface area contributed by atoms with E-state index in [1.807, 2.05) is 18.5 Å². The number of anilines is 1. The summed E-state index contributed by atoms with van der Waals surface area (Å²) in [5, 5.41) is 22.3. The number of carbonyl (C=O) groups excluding carboxylic acids is 1. The second-order valence-corrected chi connectivity index (χ2v) is 5.73. The van der Waals surface area contributed by atoms with Crippen LogP contribution < -0.4 is 10.1 Å². The number of nitro groups is 1. The van der Waals surface area contributed by atoms with Crippen LogP contribution in [0.3, 0.4) is 0 Å². The minimum atomic E-state index is -0.568. The molecule has 2 rings (SSSR count). The van der Waals surface area contributed by atoms with Crippen molar-refractivity contribution in [2.45, 2.75) is 18.5 Å². The molecule has 0 radical (unpaired) electrons. The molecule has 10 heteroatoms. The quantitative estimate of drug-likeness (QED) is 0.461. The Hall–Kier alpha value is -2.62. The van der Waals surface area contributed by atoms with Gasteiger partial charge in [-0.15, -0.1) is 10.2 Å². The number of ether oxygens (including phenoxy) is 1. The van der Waals surface area contributed by atoms with Gasteiger partial charge in [0.2, 0.25) is 5.91 Å². The maximum atomic E-state index is 12.1. The number of rotatable bonds is 7. The molecule has 1 heterocycles. The summed E-state index contributed by atoms with van der Waals surface area (Å²) in [6.45, 7) is 1.97. The van der Waals surface area contributed by atoms with Crippen molar-refractivity contribution < 1.29 is 14.5 Å². The first-order chi connectivity index (χ1) is 11.5. The Morgan fingerprint density at radius 3 is 2.79 bits per heavy atom. The van der Waals surface area contributed by atoms with Crippen molar-refractivity contribution >= 4 is 29.0 Å². The lowest BCUT2D eigenvalue weighted by Gasteiger charge is -2.07. The fraction of sp³-hybridized carbons (Fsp3) is 0.357. The van der Waals surface area contributed by atoms with Crippen molar-refractivity contribution in [3.63, 3.8) is 0 Å². The third-order valence-electron chi connectivity index (χ3n) is 3.25. The number of hydrogen-bond acceptors (Lipinski definition) is 7. The van der Waals surface area contributed by atoms with Gasteiger partial charge < -0.3 is 14.6 Å². The van der Waals surface area contributed by atoms with Crippen LogP contribution in [0.4, 0.5) is 11.4 Å². The van der Waals surface area contributed by atoms with Crippen LogP contribution in [0.5, 0.6) is 5.75 Å². The number of thioether (sulfide) groups is 1. The van der Waals surface area contributed by atoms with Crippen LogP contribution in [0.2, 0.25) is 0 Å². The molecule has 1 aromatic carbocycles. The van der Waals surface area contributed by atoms with Gasteiger partial charge in [0.05, 0.1) is 23.9 Å². The van der Waals surface area contributed by atoms with E-state index in [1.165, 1.54) is 31.0 Å². The number of nitro benzene ring substituents is 1. The number of aryl methyl sites for hydroxylation is 1. The summed E-state index contributed by atoms with van der Waals surface area (Å²) in [6.07, 6.45) is 0.744. The maximum Gasteiger partial charge on any atom is 0.296 e. The minimum Gasteiger partial charge on any atom is -0.496 e. The molecule has 0 saturated carbocycles. The summed E-state index contributed by atoms with van der Waals surface area (Å²) < 4.78 is 6.77. The van der Waals surface area contributed by atoms with E-state index in [0.717, 1.165) is 12.2 Å². The van der Waals surface area contributed by atoms with Crippen LogP contribution in [-0.2, 0) is 18.3 Å². The highest BCUT2D eigenvalue weighted by Crippen LogP contribution is 2.29. The van der Waals surface area contributed by atoms with Gasteiger partial charge in [-0.2, -0.15) is 0 Å². The maximum absolute atomic E-state index is 12.1. The zero-order chi connectivity index (χ0) is 17.7. The van der Waals surface area contributed by atoms with Gasteiger partial charge in [-0.1, -0.05) is 18.7 Å². The highest BCUT2D eigenvalue weighted by Gasteiger charge is 2.18. The van der Waals surface area contributed by atoms with Crippen molar-refractivity contribution in [2.24, 2.45) is 7.05 Å². The van der Waals surface area contributed by atoms with Crippen LogP contribution in [0.25, 0.3) is 0 Å². The minimum absolute atomic E-state index is 0.0683. The van der Waals surface area contributed by atoms with E-state index in [2.05, 4.69) is 15.5 Å². The predicted molar refractivity (Wildman–Crippen MR) is 89.4 cm³/mol. The third kappa shape index (κ3) is 4.02. The molecule has 0 atom stereocenters. The Kier molecular flexibility index (Phi) is 5.74. The molecule has 1 amide bonds. The van der Waals surface area contributed by atoms with Gasteiger partial charge in [0.25, 0.3) is 5.69 Å². The lowest BCUT2D eigenvalue weighted by Crippen LogP contribution is -2.15. The fourth-order valence-corrected chi connectivity index (χ4v) is 2.72. The van der Waals surface area contributed by atoms with E-state index in [1.54, 1.807) is 6.07 Å². The summed E-state index contributed by atoms with van der Waals surface area (Å²) in [4.78, 5) is 22.6. The van der Waals surface area contributed by atoms with Crippen molar-refractivity contribution in [3.8, 4) is 5.75 Å². The molecule has 2 aromatic rings. The number of amides is 1. The summed E-state index contributed by atoms with van der Waals surface area (Å²) in [6, 6.07) is 4.25. The molecule has 0 unspecified atom stereocenters. The second kappa shape index (κ2) is 7.77. The molecule has 0 aliphatic rings. The molecule has 0 aliphatic carbocycles. The average Bonchev–Trinajstić information content (AvgIpc) is 2.93. The Morgan fingerprint density at radius 2 is 2.21 bits per heavy atom. The molecule has 24 heavy (non-hydrogen) atoms. The van der Waals surface area contributed by atoms with Crippen LogP contribution in [0.15, 0.2) is 23.4 Å². The first kappa shape index (κ1) is 17.7. The lowest BCUT2D eigenvalue weighted by molar-refractivity contribution is -0.384. The van der Waals surface area contributed by atoms with Gasteiger partial charge in [-0.3, -0.25) is 14.9 Å². The number of aromatic nitrogens is 3. The van der Waals surface area contributed by atoms with Gasteiger partial charge in [-0.05, 0) is 12.1 Å². The summed E-state index contributed by atoms with van der Waals surface area (Å²) in [5.41, 5.74) is -0.0989. The van der Waals surface area contributed by atoms with E-state index < -0.39 is 4.92 Å². The topological polar surface area (TPSA) is 112 Å². The van der Waals surface area contributed by atoms with E-state index in [0.29, 0.717) is 10.9 Å². The zero-order valence-corrected chi connectivity index (χ0v) is 14.3. The monoisotopic (exact) mass is 351 g/mol. The second-order valence-electron chi connectivity index (χ2n) is 4.79. The SMILES string of the molecule is CCc1nnc(SCC(=O)Nc2ccc(OC)cc2[N+](=O)[O-])n1C. The molecular weight excluding hydrogens is 334 g/mol. The van der Waals surface area contributed by atoms with Gasteiger partial charge in [0, 0.05) is 13.5 Å². The molecule has 9 nitrogen and oxygen atoms in total. The zero-order valence-electron chi connectivity index (χ0n) is 13.5. The molecule has 0 spiro atoms. The number of nitrogens with one attached hydrogen (secondary N) is 1. The van der Waals surface area contributed by atoms with E-state index >= 15 is 0 Å². The van der Waals surface area contributed by atoms with Crippen molar-refractivity contribution in [2.75, 3.05) is 18.2 Å². The molecule has 0 saturated heterocycles. The average molecular weight is 351 g/mol. The molecule has 1 N–H and O–H groups in total. The van der Waals surface area contributed by atoms with E-state index in [-0.39, 0.29) is 23.0 Å². The van der Waals surface area contributed by atoms with Crippen molar-refractivity contribution in [3.05, 3.63) is 34.1 Å².